The minimum Gasteiger partial charge on any atom is -0.229 e. The molecule has 1 aromatic rings. The van der Waals surface area contributed by atoms with Crippen molar-refractivity contribution in [2.45, 2.75) is 12.8 Å². The predicted molar refractivity (Wildman–Crippen MR) is 79.2 cm³/mol. The lowest BCUT2D eigenvalue weighted by molar-refractivity contribution is 0.401. The maximum Gasteiger partial charge on any atom is 0.150 e. The third-order valence-electron chi connectivity index (χ3n) is 3.61. The normalized spacial score (nSPS) is 23.4. The maximum absolute atomic E-state index is 13.4. The Morgan fingerprint density at radius 2 is 2.21 bits per heavy atom. The van der Waals surface area contributed by atoms with Crippen LogP contribution in [0.4, 0.5) is 4.39 Å². The molecule has 2 nitrogen and oxygen atoms in total. The van der Waals surface area contributed by atoms with E-state index in [1.807, 2.05) is 0 Å². The van der Waals surface area contributed by atoms with Crippen molar-refractivity contribution in [3.05, 3.63) is 34.6 Å². The number of benzene rings is 1. The van der Waals surface area contributed by atoms with Gasteiger partial charge in [-0.1, -0.05) is 33.6 Å². The zero-order chi connectivity index (χ0) is 14.0. The number of sulfone groups is 1. The monoisotopic (exact) mass is 368 g/mol. The highest BCUT2D eigenvalue weighted by Gasteiger charge is 2.33. The summed E-state index contributed by atoms with van der Waals surface area (Å²) in [5, 5.41) is 0.833. The molecule has 0 aromatic heterocycles. The van der Waals surface area contributed by atoms with Crippen molar-refractivity contribution in [2.24, 2.45) is 11.8 Å². The molecule has 1 aliphatic rings. The van der Waals surface area contributed by atoms with Crippen LogP contribution in [0.25, 0.3) is 0 Å². The van der Waals surface area contributed by atoms with Gasteiger partial charge < -0.3 is 0 Å². The lowest BCUT2D eigenvalue weighted by Crippen LogP contribution is -2.20. The number of halogens is 3. The Bertz CT molecular complexity index is 562. The summed E-state index contributed by atoms with van der Waals surface area (Å²) in [7, 11) is -2.87. The van der Waals surface area contributed by atoms with Crippen molar-refractivity contribution in [1.29, 1.82) is 0 Å². The first-order valence-corrected chi connectivity index (χ1v) is 9.43. The second-order valence-electron chi connectivity index (χ2n) is 5.03. The molecule has 106 valence electrons. The Morgan fingerprint density at radius 3 is 2.74 bits per heavy atom. The molecule has 0 radical (unpaired) electrons. The van der Waals surface area contributed by atoms with E-state index >= 15 is 0 Å². The van der Waals surface area contributed by atoms with Gasteiger partial charge in [0.2, 0.25) is 0 Å². The topological polar surface area (TPSA) is 34.1 Å². The van der Waals surface area contributed by atoms with E-state index in [1.165, 1.54) is 6.07 Å². The molecule has 0 aliphatic carbocycles. The van der Waals surface area contributed by atoms with E-state index in [2.05, 4.69) is 15.9 Å². The average molecular weight is 370 g/mol. The summed E-state index contributed by atoms with van der Waals surface area (Å²) in [5.41, 5.74) is 0.857. The second-order valence-corrected chi connectivity index (χ2v) is 8.31. The molecule has 1 aromatic carbocycles. The van der Waals surface area contributed by atoms with Gasteiger partial charge in [0.1, 0.15) is 5.82 Å². The van der Waals surface area contributed by atoms with Crippen LogP contribution in [-0.2, 0) is 16.3 Å². The number of hydrogen-bond acceptors (Lipinski definition) is 2. The fourth-order valence-electron chi connectivity index (χ4n) is 2.51. The Labute approximate surface area is 126 Å². The molecule has 1 aliphatic heterocycles. The van der Waals surface area contributed by atoms with Gasteiger partial charge in [0.05, 0.1) is 16.5 Å². The number of hydrogen-bond donors (Lipinski definition) is 0. The highest BCUT2D eigenvalue weighted by molar-refractivity contribution is 9.09. The fraction of sp³-hybridized carbons (Fsp3) is 0.538. The van der Waals surface area contributed by atoms with Gasteiger partial charge in [0.15, 0.2) is 9.84 Å². The standard InChI is InChI=1S/C13H15BrClFO2S/c14-7-11(10-3-4-19(17,18)8-10)5-9-1-2-12(15)13(16)6-9/h1-2,6,10-11H,3-5,7-8H2. The molecule has 1 fully saturated rings. The fourth-order valence-corrected chi connectivity index (χ4v) is 5.31. The van der Waals surface area contributed by atoms with Gasteiger partial charge in [-0.25, -0.2) is 12.8 Å². The average Bonchev–Trinajstić information content (AvgIpc) is 2.71. The van der Waals surface area contributed by atoms with Crippen LogP contribution in [0.3, 0.4) is 0 Å². The van der Waals surface area contributed by atoms with Crippen LogP contribution in [0.2, 0.25) is 5.02 Å². The van der Waals surface area contributed by atoms with Crippen LogP contribution in [0, 0.1) is 17.7 Å². The Balaban J connectivity index is 2.09. The molecule has 6 heteroatoms. The molecule has 0 bridgehead atoms. The summed E-state index contributed by atoms with van der Waals surface area (Å²) in [6.45, 7) is 0. The van der Waals surface area contributed by atoms with E-state index in [9.17, 15) is 12.8 Å². The van der Waals surface area contributed by atoms with E-state index in [1.54, 1.807) is 12.1 Å². The molecule has 1 heterocycles. The van der Waals surface area contributed by atoms with Crippen molar-refractivity contribution >= 4 is 37.4 Å². The van der Waals surface area contributed by atoms with Crippen molar-refractivity contribution in [3.8, 4) is 0 Å². The molecule has 1 saturated heterocycles. The van der Waals surface area contributed by atoms with Gasteiger partial charge in [-0.05, 0) is 42.4 Å². The minimum atomic E-state index is -2.87. The van der Waals surface area contributed by atoms with E-state index < -0.39 is 15.7 Å². The van der Waals surface area contributed by atoms with E-state index in [0.29, 0.717) is 12.8 Å². The highest BCUT2D eigenvalue weighted by atomic mass is 79.9. The van der Waals surface area contributed by atoms with E-state index in [0.717, 1.165) is 10.9 Å². The van der Waals surface area contributed by atoms with Gasteiger partial charge in [0.25, 0.3) is 0 Å². The number of alkyl halides is 1. The smallest absolute Gasteiger partial charge is 0.150 e. The summed E-state index contributed by atoms with van der Waals surface area (Å²) in [6.07, 6.45) is 1.37. The molecular formula is C13H15BrClFO2S. The van der Waals surface area contributed by atoms with Crippen LogP contribution in [-0.4, -0.2) is 25.3 Å². The maximum atomic E-state index is 13.4. The zero-order valence-electron chi connectivity index (χ0n) is 10.3. The van der Waals surface area contributed by atoms with Gasteiger partial charge in [-0.2, -0.15) is 0 Å². The number of rotatable bonds is 4. The van der Waals surface area contributed by atoms with E-state index in [-0.39, 0.29) is 28.4 Å². The Morgan fingerprint density at radius 1 is 1.47 bits per heavy atom. The summed E-state index contributed by atoms with van der Waals surface area (Å²) < 4.78 is 36.4. The van der Waals surface area contributed by atoms with Gasteiger partial charge in [0, 0.05) is 5.33 Å². The van der Waals surface area contributed by atoms with Gasteiger partial charge in [-0.15, -0.1) is 0 Å². The molecule has 0 N–H and O–H groups in total. The van der Waals surface area contributed by atoms with Crippen molar-refractivity contribution in [1.82, 2.24) is 0 Å². The van der Waals surface area contributed by atoms with Crippen LogP contribution >= 0.6 is 27.5 Å². The molecule has 2 unspecified atom stereocenters. The molecule has 2 atom stereocenters. The lowest BCUT2D eigenvalue weighted by atomic mass is 9.88. The van der Waals surface area contributed by atoms with Gasteiger partial charge >= 0.3 is 0 Å². The SMILES string of the molecule is O=S1(=O)CCC(C(CBr)Cc2ccc(Cl)c(F)c2)C1. The predicted octanol–water partition coefficient (Wildman–Crippen LogP) is 3.47. The largest absolute Gasteiger partial charge is 0.229 e. The van der Waals surface area contributed by atoms with E-state index in [4.69, 9.17) is 11.6 Å². The van der Waals surface area contributed by atoms with Crippen LogP contribution in [0.1, 0.15) is 12.0 Å². The molecule has 2 rings (SSSR count). The van der Waals surface area contributed by atoms with Crippen LogP contribution < -0.4 is 0 Å². The summed E-state index contributed by atoms with van der Waals surface area (Å²) >= 11 is 9.09. The summed E-state index contributed by atoms with van der Waals surface area (Å²) in [4.78, 5) is 0. The molecule has 0 saturated carbocycles. The first kappa shape index (κ1) is 15.3. The third-order valence-corrected chi connectivity index (χ3v) is 6.55. The second kappa shape index (κ2) is 6.10. The van der Waals surface area contributed by atoms with Crippen molar-refractivity contribution in [3.63, 3.8) is 0 Å². The summed E-state index contributed by atoms with van der Waals surface area (Å²) in [5.74, 6) is 0.461. The Kier molecular flexibility index (Phi) is 4.90. The minimum absolute atomic E-state index is 0.114. The van der Waals surface area contributed by atoms with Crippen LogP contribution in [0.5, 0.6) is 0 Å². The van der Waals surface area contributed by atoms with Crippen LogP contribution in [0.15, 0.2) is 18.2 Å². The zero-order valence-corrected chi connectivity index (χ0v) is 13.4. The molecule has 0 spiro atoms. The Hall–Kier alpha value is -0.130. The summed E-state index contributed by atoms with van der Waals surface area (Å²) in [6, 6.07) is 4.77. The molecular weight excluding hydrogens is 355 g/mol. The van der Waals surface area contributed by atoms with Gasteiger partial charge in [-0.3, -0.25) is 0 Å². The molecule has 0 amide bonds. The molecule has 19 heavy (non-hydrogen) atoms. The first-order chi connectivity index (χ1) is 8.91. The lowest BCUT2D eigenvalue weighted by Gasteiger charge is -2.20. The van der Waals surface area contributed by atoms with Crippen molar-refractivity contribution in [2.75, 3.05) is 16.8 Å². The van der Waals surface area contributed by atoms with Crippen molar-refractivity contribution < 1.29 is 12.8 Å². The highest BCUT2D eigenvalue weighted by Crippen LogP contribution is 2.30. The quantitative estimate of drug-likeness (QED) is 0.762. The first-order valence-electron chi connectivity index (χ1n) is 6.11. The third kappa shape index (κ3) is 3.92.